The zero-order valence-corrected chi connectivity index (χ0v) is 25.0. The van der Waals surface area contributed by atoms with E-state index in [1.165, 1.54) is 6.07 Å². The normalized spacial score (nSPS) is 11.9. The second-order valence-corrected chi connectivity index (χ2v) is 12.6. The Kier molecular flexibility index (Phi) is 9.43. The molecule has 3 aromatic carbocycles. The fraction of sp³-hybridized carbons (Fsp3) is 0.290. The third-order valence-corrected chi connectivity index (χ3v) is 7.56. The lowest BCUT2D eigenvalue weighted by Gasteiger charge is -2.23. The van der Waals surface area contributed by atoms with Gasteiger partial charge < -0.3 is 28.5 Å². The van der Waals surface area contributed by atoms with E-state index in [1.807, 2.05) is 36.5 Å². The molecule has 0 atom stereocenters. The van der Waals surface area contributed by atoms with Gasteiger partial charge in [-0.3, -0.25) is 4.79 Å². The highest BCUT2D eigenvalue weighted by Crippen LogP contribution is 2.35. The van der Waals surface area contributed by atoms with E-state index in [-0.39, 0.29) is 23.4 Å². The van der Waals surface area contributed by atoms with Gasteiger partial charge in [-0.05, 0) is 18.9 Å². The van der Waals surface area contributed by atoms with Crippen molar-refractivity contribution in [3.63, 3.8) is 0 Å². The quantitative estimate of drug-likeness (QED) is 0.109. The first kappa shape index (κ1) is 31.5. The van der Waals surface area contributed by atoms with Gasteiger partial charge in [0.15, 0.2) is 11.8 Å². The summed E-state index contributed by atoms with van der Waals surface area (Å²) in [6, 6.07) is 17.7. The molecule has 0 aliphatic rings. The molecule has 226 valence electrons. The van der Waals surface area contributed by atoms with Gasteiger partial charge in [0.25, 0.3) is 0 Å². The van der Waals surface area contributed by atoms with Crippen LogP contribution in [0.25, 0.3) is 44.2 Å². The predicted octanol–water partition coefficient (Wildman–Crippen LogP) is 3.08. The first-order valence-electron chi connectivity index (χ1n) is 13.7. The van der Waals surface area contributed by atoms with E-state index in [1.54, 1.807) is 45.4 Å². The summed E-state index contributed by atoms with van der Waals surface area (Å²) >= 11 is 0. The van der Waals surface area contributed by atoms with Crippen molar-refractivity contribution in [3.8, 4) is 11.5 Å². The highest BCUT2D eigenvalue weighted by Gasteiger charge is 2.20. The Morgan fingerprint density at radius 1 is 0.953 bits per heavy atom. The number of hydrogen-bond donors (Lipinski definition) is 1. The fourth-order valence-electron chi connectivity index (χ4n) is 4.84. The van der Waals surface area contributed by atoms with Gasteiger partial charge in [-0.15, -0.1) is 0 Å². The van der Waals surface area contributed by atoms with E-state index in [9.17, 15) is 27.7 Å². The first-order valence-corrected chi connectivity index (χ1v) is 15.1. The molecule has 0 radical (unpaired) electrons. The van der Waals surface area contributed by atoms with Crippen molar-refractivity contribution in [1.29, 1.82) is 0 Å². The van der Waals surface area contributed by atoms with Crippen molar-refractivity contribution >= 4 is 54.8 Å². The Morgan fingerprint density at radius 2 is 1.60 bits per heavy atom. The highest BCUT2D eigenvalue weighted by atomic mass is 32.2. The van der Waals surface area contributed by atoms with Crippen LogP contribution in [0.1, 0.15) is 25.7 Å². The van der Waals surface area contributed by atoms with Crippen LogP contribution in [-0.4, -0.2) is 67.2 Å². The molecule has 0 saturated heterocycles. The second kappa shape index (κ2) is 12.9. The van der Waals surface area contributed by atoms with Crippen LogP contribution >= 0.6 is 0 Å². The maximum Gasteiger partial charge on any atom is 0.303 e. The van der Waals surface area contributed by atoms with Gasteiger partial charge in [0.2, 0.25) is 11.4 Å². The van der Waals surface area contributed by atoms with Gasteiger partial charge in [0, 0.05) is 41.8 Å². The molecular weight excluding hydrogens is 574 g/mol. The zero-order valence-electron chi connectivity index (χ0n) is 24.1. The van der Waals surface area contributed by atoms with Crippen LogP contribution in [0.3, 0.4) is 0 Å². The molecule has 5 aromatic rings. The SMILES string of the molecule is C[N+](C)(C)CC(=O)[O-].O=C(O)CCCCC[n+]1ccc(-c2nc3c(cc(S(=O)(=O)[O-])c4ccccc43)o2)c2ccccc21. The highest BCUT2D eigenvalue weighted by molar-refractivity contribution is 7.86. The summed E-state index contributed by atoms with van der Waals surface area (Å²) in [5, 5.41) is 20.5. The topological polar surface area (TPSA) is 165 Å². The van der Waals surface area contributed by atoms with E-state index in [0.717, 1.165) is 35.9 Å². The summed E-state index contributed by atoms with van der Waals surface area (Å²) in [6.07, 6.45) is 4.42. The third-order valence-electron chi connectivity index (χ3n) is 6.68. The lowest BCUT2D eigenvalue weighted by atomic mass is 10.1. The molecule has 0 bridgehead atoms. The Morgan fingerprint density at radius 3 is 2.21 bits per heavy atom. The lowest BCUT2D eigenvalue weighted by Crippen LogP contribution is -2.45. The van der Waals surface area contributed by atoms with Crippen LogP contribution in [0.15, 0.2) is 76.2 Å². The molecule has 0 amide bonds. The van der Waals surface area contributed by atoms with Crippen molar-refractivity contribution in [2.24, 2.45) is 0 Å². The number of likely N-dealkylation sites (N-methyl/N-ethyl adjacent to an activating group) is 1. The number of carbonyl (C=O) groups excluding carboxylic acids is 1. The Bertz CT molecular complexity index is 1910. The van der Waals surface area contributed by atoms with Gasteiger partial charge in [-0.2, -0.15) is 4.57 Å². The fourth-order valence-corrected chi connectivity index (χ4v) is 5.54. The number of benzene rings is 3. The van der Waals surface area contributed by atoms with Crippen LogP contribution in [0.4, 0.5) is 0 Å². The molecule has 2 heterocycles. The summed E-state index contributed by atoms with van der Waals surface area (Å²) in [4.78, 5) is 25.0. The van der Waals surface area contributed by atoms with Gasteiger partial charge in [0.05, 0.1) is 43.0 Å². The monoisotopic (exact) mass is 607 g/mol. The zero-order chi connectivity index (χ0) is 31.4. The first-order chi connectivity index (χ1) is 20.2. The van der Waals surface area contributed by atoms with Crippen LogP contribution < -0.4 is 9.67 Å². The van der Waals surface area contributed by atoms with Crippen LogP contribution in [0, 0.1) is 0 Å². The Labute approximate surface area is 249 Å². The molecule has 1 N–H and O–H groups in total. The largest absolute Gasteiger partial charge is 0.744 e. The number of carbonyl (C=O) groups is 2. The van der Waals surface area contributed by atoms with Crippen LogP contribution in [0.5, 0.6) is 0 Å². The van der Waals surface area contributed by atoms with Crippen molar-refractivity contribution in [1.82, 2.24) is 4.98 Å². The smallest absolute Gasteiger partial charge is 0.303 e. The molecule has 0 fully saturated rings. The summed E-state index contributed by atoms with van der Waals surface area (Å²) < 4.78 is 44.2. The van der Waals surface area contributed by atoms with Crippen molar-refractivity contribution in [2.75, 3.05) is 27.7 Å². The maximum absolute atomic E-state index is 11.9. The van der Waals surface area contributed by atoms with E-state index < -0.39 is 22.1 Å². The molecule has 2 aromatic heterocycles. The molecule has 0 aliphatic carbocycles. The summed E-state index contributed by atoms with van der Waals surface area (Å²) in [7, 11) is 0.696. The third kappa shape index (κ3) is 7.92. The van der Waals surface area contributed by atoms with Crippen LogP contribution in [-0.2, 0) is 26.3 Å². The summed E-state index contributed by atoms with van der Waals surface area (Å²) in [5.41, 5.74) is 2.43. The number of unbranched alkanes of at least 4 members (excludes halogenated alkanes) is 2. The number of aliphatic carboxylic acids is 2. The molecular formula is C31H33N3O8S. The van der Waals surface area contributed by atoms with Gasteiger partial charge in [-0.1, -0.05) is 36.4 Å². The number of hydrogen-bond acceptors (Lipinski definition) is 8. The van der Waals surface area contributed by atoms with Gasteiger partial charge in [0.1, 0.15) is 28.7 Å². The average Bonchev–Trinajstić information content (AvgIpc) is 3.35. The number of aryl methyl sites for hydroxylation is 1. The van der Waals surface area contributed by atoms with Crippen molar-refractivity contribution < 1.29 is 46.2 Å². The molecule has 11 nitrogen and oxygen atoms in total. The van der Waals surface area contributed by atoms with Gasteiger partial charge >= 0.3 is 5.97 Å². The van der Waals surface area contributed by atoms with Crippen molar-refractivity contribution in [2.45, 2.75) is 37.1 Å². The van der Waals surface area contributed by atoms with E-state index in [2.05, 4.69) is 9.55 Å². The minimum atomic E-state index is -4.71. The molecule has 43 heavy (non-hydrogen) atoms. The predicted molar refractivity (Wildman–Crippen MR) is 157 cm³/mol. The average molecular weight is 608 g/mol. The molecule has 0 unspecified atom stereocenters. The number of quaternary nitrogens is 1. The summed E-state index contributed by atoms with van der Waals surface area (Å²) in [6.45, 7) is 0.809. The number of nitrogens with zero attached hydrogens (tertiary/aromatic N) is 3. The van der Waals surface area contributed by atoms with Gasteiger partial charge in [-0.25, -0.2) is 13.4 Å². The maximum atomic E-state index is 11.9. The number of carboxylic acid groups (broad SMARTS) is 2. The molecule has 0 saturated carbocycles. The standard InChI is InChI=1S/C26H22N2O6S.C5H11NO2/c29-24(30)12-2-1-7-14-28-15-13-20(17-8-5-6-11-21(17)28)26-27-25-19-10-4-3-9-18(19)23(35(31,32)33)16-22(25)34-26;1-6(2,3)4-5(7)8/h3-6,8-11,13,15-16H,1-2,7,12,14H2,(H-,29,30,31,32,33);4H2,1-3H3. The minimum Gasteiger partial charge on any atom is -0.744 e. The van der Waals surface area contributed by atoms with E-state index in [4.69, 9.17) is 9.52 Å². The number of oxazole rings is 1. The minimum absolute atomic E-state index is 0.0694. The summed E-state index contributed by atoms with van der Waals surface area (Å²) in [5.74, 6) is -1.45. The second-order valence-electron chi connectivity index (χ2n) is 11.2. The lowest BCUT2D eigenvalue weighted by molar-refractivity contribution is -0.864. The molecule has 0 spiro atoms. The van der Waals surface area contributed by atoms with E-state index >= 15 is 0 Å². The number of fused-ring (bicyclic) bond motifs is 4. The molecule has 0 aliphatic heterocycles. The number of pyridine rings is 1. The van der Waals surface area contributed by atoms with Crippen LogP contribution in [0.2, 0.25) is 0 Å². The Hall–Kier alpha value is -4.39. The van der Waals surface area contributed by atoms with Crippen molar-refractivity contribution in [3.05, 3.63) is 66.9 Å². The Balaban J connectivity index is 0.000000467. The number of carboxylic acids is 2. The number of rotatable bonds is 10. The van der Waals surface area contributed by atoms with E-state index in [0.29, 0.717) is 33.1 Å². The molecule has 5 rings (SSSR count). The number of aromatic nitrogens is 2. The molecule has 12 heteroatoms. The number of para-hydroxylation sites is 1.